The molecular weight excluding hydrogens is 274 g/mol. The molecule has 6 heteroatoms. The molecule has 0 spiro atoms. The lowest BCUT2D eigenvalue weighted by Crippen LogP contribution is -2.41. The van der Waals surface area contributed by atoms with Gasteiger partial charge in [-0.2, -0.15) is 0 Å². The summed E-state index contributed by atoms with van der Waals surface area (Å²) in [6, 6.07) is 4.56. The fraction of sp³-hybridized carbons (Fsp3) is 0.533. The Kier molecular flexibility index (Phi) is 5.03. The lowest BCUT2D eigenvalue weighted by molar-refractivity contribution is -0.00540. The van der Waals surface area contributed by atoms with Gasteiger partial charge in [0.25, 0.3) is 0 Å². The van der Waals surface area contributed by atoms with Crippen molar-refractivity contribution in [1.82, 2.24) is 0 Å². The van der Waals surface area contributed by atoms with Crippen LogP contribution >= 0.6 is 0 Å². The average Bonchev–Trinajstić information content (AvgIpc) is 2.53. The lowest BCUT2D eigenvalue weighted by Gasteiger charge is -2.35. The normalized spacial score (nSPS) is 17.2. The highest BCUT2D eigenvalue weighted by molar-refractivity contribution is 5.88. The first-order chi connectivity index (χ1) is 10.1. The van der Waals surface area contributed by atoms with E-state index < -0.39 is 5.97 Å². The smallest absolute Gasteiger partial charge is 0.335 e. The van der Waals surface area contributed by atoms with Crippen LogP contribution in [-0.4, -0.2) is 44.6 Å². The Bertz CT molecular complexity index is 497. The topological polar surface area (TPSA) is 91.0 Å². The second kappa shape index (κ2) is 6.78. The Morgan fingerprint density at radius 1 is 1.38 bits per heavy atom. The summed E-state index contributed by atoms with van der Waals surface area (Å²) in [7, 11) is 1.52. The average molecular weight is 295 g/mol. The first-order valence-corrected chi connectivity index (χ1v) is 6.92. The van der Waals surface area contributed by atoms with Crippen molar-refractivity contribution >= 4 is 5.97 Å². The van der Waals surface area contributed by atoms with Gasteiger partial charge in [-0.05, 0) is 31.0 Å². The van der Waals surface area contributed by atoms with Gasteiger partial charge in [0.05, 0.1) is 19.3 Å². The van der Waals surface area contributed by atoms with Crippen LogP contribution < -0.4 is 15.2 Å². The van der Waals surface area contributed by atoms with Crippen molar-refractivity contribution in [3.63, 3.8) is 0 Å². The van der Waals surface area contributed by atoms with Gasteiger partial charge in [0.2, 0.25) is 0 Å². The summed E-state index contributed by atoms with van der Waals surface area (Å²) in [5.41, 5.74) is 5.93. The van der Waals surface area contributed by atoms with Crippen molar-refractivity contribution in [2.45, 2.75) is 12.8 Å². The van der Waals surface area contributed by atoms with Gasteiger partial charge in [0.15, 0.2) is 11.5 Å². The first-order valence-electron chi connectivity index (χ1n) is 6.92. The summed E-state index contributed by atoms with van der Waals surface area (Å²) in [4.78, 5) is 11.0. The Morgan fingerprint density at radius 2 is 2.10 bits per heavy atom. The van der Waals surface area contributed by atoms with Crippen molar-refractivity contribution in [3.05, 3.63) is 23.8 Å². The molecule has 1 aliphatic heterocycles. The number of carboxylic acids is 1. The highest BCUT2D eigenvalue weighted by atomic mass is 16.5. The number of carboxylic acid groups (broad SMARTS) is 1. The standard InChI is InChI=1S/C15H21NO5/c1-19-12-3-2-11(14(17)18)8-13(12)21-10-15(9-16)4-6-20-7-5-15/h2-3,8H,4-7,9-10,16H2,1H3,(H,17,18). The van der Waals surface area contributed by atoms with Gasteiger partial charge >= 0.3 is 5.97 Å². The van der Waals surface area contributed by atoms with E-state index in [9.17, 15) is 4.79 Å². The number of hydrogen-bond donors (Lipinski definition) is 2. The second-order valence-corrected chi connectivity index (χ2v) is 5.28. The Morgan fingerprint density at radius 3 is 2.67 bits per heavy atom. The molecule has 1 aromatic carbocycles. The van der Waals surface area contributed by atoms with Crippen LogP contribution in [0.5, 0.6) is 11.5 Å². The van der Waals surface area contributed by atoms with E-state index in [1.807, 2.05) is 0 Å². The van der Waals surface area contributed by atoms with Crippen molar-refractivity contribution in [1.29, 1.82) is 0 Å². The fourth-order valence-corrected chi connectivity index (χ4v) is 2.37. The number of nitrogens with two attached hydrogens (primary N) is 1. The highest BCUT2D eigenvalue weighted by Gasteiger charge is 2.32. The summed E-state index contributed by atoms with van der Waals surface area (Å²) < 4.78 is 16.4. The van der Waals surface area contributed by atoms with Crippen LogP contribution in [0.2, 0.25) is 0 Å². The van der Waals surface area contributed by atoms with Crippen molar-refractivity contribution < 1.29 is 24.1 Å². The number of rotatable bonds is 6. The molecule has 1 aromatic rings. The Labute approximate surface area is 123 Å². The van der Waals surface area contributed by atoms with E-state index in [4.69, 9.17) is 25.1 Å². The van der Waals surface area contributed by atoms with Gasteiger partial charge in [-0.25, -0.2) is 4.79 Å². The molecule has 0 aromatic heterocycles. The van der Waals surface area contributed by atoms with E-state index in [2.05, 4.69) is 0 Å². The minimum absolute atomic E-state index is 0.123. The van der Waals surface area contributed by atoms with E-state index in [0.717, 1.165) is 12.8 Å². The largest absolute Gasteiger partial charge is 0.493 e. The zero-order valence-electron chi connectivity index (χ0n) is 12.1. The molecule has 0 atom stereocenters. The molecule has 6 nitrogen and oxygen atoms in total. The van der Waals surface area contributed by atoms with Crippen LogP contribution in [0.25, 0.3) is 0 Å². The molecule has 0 aliphatic carbocycles. The summed E-state index contributed by atoms with van der Waals surface area (Å²) >= 11 is 0. The molecule has 3 N–H and O–H groups in total. The van der Waals surface area contributed by atoms with Crippen LogP contribution in [0, 0.1) is 5.41 Å². The molecule has 0 saturated carbocycles. The minimum atomic E-state index is -0.998. The van der Waals surface area contributed by atoms with Crippen molar-refractivity contribution in [2.24, 2.45) is 11.1 Å². The van der Waals surface area contributed by atoms with Crippen LogP contribution in [0.15, 0.2) is 18.2 Å². The molecule has 0 unspecified atom stereocenters. The molecular formula is C15H21NO5. The maximum Gasteiger partial charge on any atom is 0.335 e. The molecule has 1 aliphatic rings. The second-order valence-electron chi connectivity index (χ2n) is 5.28. The fourth-order valence-electron chi connectivity index (χ4n) is 2.37. The van der Waals surface area contributed by atoms with Crippen LogP contribution in [0.3, 0.4) is 0 Å². The van der Waals surface area contributed by atoms with Gasteiger partial charge in [0.1, 0.15) is 0 Å². The zero-order chi connectivity index (χ0) is 15.3. The predicted octanol–water partition coefficient (Wildman–Crippen LogP) is 1.53. The maximum absolute atomic E-state index is 11.0. The SMILES string of the molecule is COc1ccc(C(=O)O)cc1OCC1(CN)CCOCC1. The molecule has 2 rings (SSSR count). The van der Waals surface area contributed by atoms with E-state index >= 15 is 0 Å². The summed E-state index contributed by atoms with van der Waals surface area (Å²) in [6.07, 6.45) is 1.68. The van der Waals surface area contributed by atoms with E-state index in [1.54, 1.807) is 6.07 Å². The summed E-state index contributed by atoms with van der Waals surface area (Å²) in [5, 5.41) is 9.05. The van der Waals surface area contributed by atoms with Crippen molar-refractivity contribution in [2.75, 3.05) is 33.5 Å². The number of ether oxygens (including phenoxy) is 3. The van der Waals surface area contributed by atoms with Gasteiger partial charge in [-0.3, -0.25) is 0 Å². The molecule has 0 amide bonds. The van der Waals surface area contributed by atoms with Gasteiger partial charge in [-0.15, -0.1) is 0 Å². The molecule has 116 valence electrons. The van der Waals surface area contributed by atoms with Gasteiger partial charge in [-0.1, -0.05) is 0 Å². The molecule has 1 fully saturated rings. The predicted molar refractivity (Wildman–Crippen MR) is 77.0 cm³/mol. The number of carbonyl (C=O) groups is 1. The number of hydrogen-bond acceptors (Lipinski definition) is 5. The third kappa shape index (κ3) is 3.65. The van der Waals surface area contributed by atoms with Crippen LogP contribution in [0.4, 0.5) is 0 Å². The lowest BCUT2D eigenvalue weighted by atomic mass is 9.81. The summed E-state index contributed by atoms with van der Waals surface area (Å²) in [5.74, 6) is -0.0574. The number of aromatic carboxylic acids is 1. The molecule has 0 radical (unpaired) electrons. The summed E-state index contributed by atoms with van der Waals surface area (Å²) in [6.45, 7) is 2.28. The van der Waals surface area contributed by atoms with Gasteiger partial charge < -0.3 is 25.1 Å². The Balaban J connectivity index is 2.13. The minimum Gasteiger partial charge on any atom is -0.493 e. The van der Waals surface area contributed by atoms with Crippen molar-refractivity contribution in [3.8, 4) is 11.5 Å². The monoisotopic (exact) mass is 295 g/mol. The maximum atomic E-state index is 11.0. The van der Waals surface area contributed by atoms with Crippen LogP contribution in [-0.2, 0) is 4.74 Å². The highest BCUT2D eigenvalue weighted by Crippen LogP contribution is 2.33. The molecule has 1 heterocycles. The van der Waals surface area contributed by atoms with E-state index in [0.29, 0.717) is 37.9 Å². The first kappa shape index (κ1) is 15.6. The molecule has 0 bridgehead atoms. The Hall–Kier alpha value is -1.79. The third-order valence-electron chi connectivity index (χ3n) is 3.93. The van der Waals surface area contributed by atoms with E-state index in [1.165, 1.54) is 19.2 Å². The van der Waals surface area contributed by atoms with E-state index in [-0.39, 0.29) is 11.0 Å². The van der Waals surface area contributed by atoms with Gasteiger partial charge in [0, 0.05) is 25.2 Å². The quantitative estimate of drug-likeness (QED) is 0.827. The molecule has 1 saturated heterocycles. The zero-order valence-corrected chi connectivity index (χ0v) is 12.1. The van der Waals surface area contributed by atoms with Crippen LogP contribution in [0.1, 0.15) is 23.2 Å². The third-order valence-corrected chi connectivity index (χ3v) is 3.93. The number of methoxy groups -OCH3 is 1. The molecule has 21 heavy (non-hydrogen) atoms. The number of benzene rings is 1.